The number of hydrogen-bond donors (Lipinski definition) is 4. The Balaban J connectivity index is 1.54. The van der Waals surface area contributed by atoms with Crippen LogP contribution in [0, 0.1) is 0 Å². The first-order valence-electron chi connectivity index (χ1n) is 11.3. The zero-order valence-corrected chi connectivity index (χ0v) is 21.6. The van der Waals surface area contributed by atoms with E-state index < -0.39 is 0 Å². The van der Waals surface area contributed by atoms with Crippen LogP contribution in [-0.4, -0.2) is 16.6 Å². The van der Waals surface area contributed by atoms with Crippen LogP contribution in [0.25, 0.3) is 21.0 Å². The Labute approximate surface area is 214 Å². The first kappa shape index (κ1) is 24.8. The van der Waals surface area contributed by atoms with Gasteiger partial charge in [-0.25, -0.2) is 9.78 Å². The summed E-state index contributed by atoms with van der Waals surface area (Å²) in [6.07, 6.45) is 1.90. The molecule has 180 valence electrons. The Morgan fingerprint density at radius 2 is 1.77 bits per heavy atom. The molecule has 0 spiro atoms. The monoisotopic (exact) mass is 503 g/mol. The molecule has 0 unspecified atom stereocenters. The van der Waals surface area contributed by atoms with E-state index in [1.807, 2.05) is 79.0 Å². The number of carbonyl (C=O) groups is 1. The Morgan fingerprint density at radius 1 is 1.03 bits per heavy atom. The number of carbonyl (C=O) groups excluding carboxylic acids is 1. The fraction of sp³-hybridized carbons (Fsp3) is 0.185. The zero-order valence-electron chi connectivity index (χ0n) is 20.0. The molecule has 0 saturated carbocycles. The number of nitrogen functional groups attached to an aromatic ring is 1. The number of rotatable bonds is 7. The van der Waals surface area contributed by atoms with E-state index in [4.69, 9.17) is 5.73 Å². The Kier molecular flexibility index (Phi) is 7.75. The number of urea groups is 1. The lowest BCUT2D eigenvalue weighted by atomic mass is 10.1. The standard InChI is InChI=1S/C27H29N5OS2/c1-27(2,3)32-35-23-15-21(31-26(33)30-16-18-7-5-4-6-8-18)13-14-22(23)24-17-29-25(34-24)19-9-11-20(28)12-10-19/h4-15,17,32H,16,28H2,1-3H3,(H2,30,31,33). The molecule has 4 aromatic rings. The number of aromatic nitrogens is 1. The predicted molar refractivity (Wildman–Crippen MR) is 148 cm³/mol. The van der Waals surface area contributed by atoms with Crippen molar-refractivity contribution < 1.29 is 4.79 Å². The smallest absolute Gasteiger partial charge is 0.319 e. The van der Waals surface area contributed by atoms with Gasteiger partial charge in [0.2, 0.25) is 0 Å². The Hall–Kier alpha value is -3.33. The van der Waals surface area contributed by atoms with Crippen LogP contribution in [0.4, 0.5) is 16.2 Å². The summed E-state index contributed by atoms with van der Waals surface area (Å²) < 4.78 is 3.48. The molecular weight excluding hydrogens is 474 g/mol. The minimum atomic E-state index is -0.246. The minimum Gasteiger partial charge on any atom is -0.399 e. The van der Waals surface area contributed by atoms with Gasteiger partial charge >= 0.3 is 6.03 Å². The molecule has 0 fully saturated rings. The molecule has 0 aliphatic carbocycles. The highest BCUT2D eigenvalue weighted by atomic mass is 32.2. The van der Waals surface area contributed by atoms with E-state index in [1.165, 1.54) is 0 Å². The Bertz CT molecular complexity index is 1280. The van der Waals surface area contributed by atoms with Gasteiger partial charge in [-0.3, -0.25) is 4.72 Å². The number of nitrogens with zero attached hydrogens (tertiary/aromatic N) is 1. The van der Waals surface area contributed by atoms with Crippen molar-refractivity contribution in [1.29, 1.82) is 0 Å². The summed E-state index contributed by atoms with van der Waals surface area (Å²) in [5.41, 5.74) is 10.3. The molecular formula is C27H29N5OS2. The zero-order chi connectivity index (χ0) is 24.8. The van der Waals surface area contributed by atoms with Crippen molar-refractivity contribution in [3.63, 3.8) is 0 Å². The summed E-state index contributed by atoms with van der Waals surface area (Å²) in [5, 5.41) is 6.79. The number of hydrogen-bond acceptors (Lipinski definition) is 6. The van der Waals surface area contributed by atoms with Gasteiger partial charge in [0, 0.05) is 45.7 Å². The van der Waals surface area contributed by atoms with Crippen LogP contribution >= 0.6 is 23.3 Å². The lowest BCUT2D eigenvalue weighted by Gasteiger charge is -2.21. The molecule has 2 amide bonds. The highest BCUT2D eigenvalue weighted by Gasteiger charge is 2.16. The van der Waals surface area contributed by atoms with Crippen LogP contribution in [0.1, 0.15) is 26.3 Å². The molecule has 0 aliphatic rings. The Morgan fingerprint density at radius 3 is 2.49 bits per heavy atom. The first-order valence-corrected chi connectivity index (χ1v) is 12.9. The molecule has 6 nitrogen and oxygen atoms in total. The lowest BCUT2D eigenvalue weighted by Crippen LogP contribution is -2.30. The van der Waals surface area contributed by atoms with E-state index in [2.05, 4.69) is 41.1 Å². The van der Waals surface area contributed by atoms with E-state index in [0.29, 0.717) is 6.54 Å². The predicted octanol–water partition coefficient (Wildman–Crippen LogP) is 6.78. The highest BCUT2D eigenvalue weighted by Crippen LogP contribution is 2.38. The third-order valence-corrected chi connectivity index (χ3v) is 7.28. The van der Waals surface area contributed by atoms with Crippen molar-refractivity contribution in [2.45, 2.75) is 37.8 Å². The number of amides is 2. The molecule has 0 radical (unpaired) electrons. The summed E-state index contributed by atoms with van der Waals surface area (Å²) in [6.45, 7) is 6.81. The second kappa shape index (κ2) is 10.9. The van der Waals surface area contributed by atoms with E-state index in [-0.39, 0.29) is 11.6 Å². The average Bonchev–Trinajstić information content (AvgIpc) is 3.32. The van der Waals surface area contributed by atoms with Crippen LogP contribution in [0.15, 0.2) is 83.9 Å². The average molecular weight is 504 g/mol. The van der Waals surface area contributed by atoms with Gasteiger partial charge in [-0.15, -0.1) is 11.3 Å². The third kappa shape index (κ3) is 7.08. The van der Waals surface area contributed by atoms with Crippen molar-refractivity contribution in [3.05, 3.63) is 84.6 Å². The minimum absolute atomic E-state index is 0.0821. The molecule has 1 aromatic heterocycles. The van der Waals surface area contributed by atoms with Crippen molar-refractivity contribution in [2.24, 2.45) is 0 Å². The summed E-state index contributed by atoms with van der Waals surface area (Å²) in [6, 6.07) is 23.3. The van der Waals surface area contributed by atoms with Crippen LogP contribution in [0.2, 0.25) is 0 Å². The van der Waals surface area contributed by atoms with Gasteiger partial charge in [-0.2, -0.15) is 0 Å². The van der Waals surface area contributed by atoms with Gasteiger partial charge in [0.05, 0.1) is 4.88 Å². The second-order valence-corrected chi connectivity index (χ2v) is 11.0. The van der Waals surface area contributed by atoms with Crippen LogP contribution < -0.4 is 21.1 Å². The van der Waals surface area contributed by atoms with Crippen LogP contribution in [-0.2, 0) is 6.54 Å². The van der Waals surface area contributed by atoms with E-state index in [1.54, 1.807) is 23.3 Å². The van der Waals surface area contributed by atoms with Gasteiger partial charge in [-0.05, 0) is 74.7 Å². The normalized spacial score (nSPS) is 11.3. The topological polar surface area (TPSA) is 92.1 Å². The maximum atomic E-state index is 12.5. The quantitative estimate of drug-likeness (QED) is 0.165. The number of thiazole rings is 1. The van der Waals surface area contributed by atoms with Gasteiger partial charge in [0.1, 0.15) is 5.01 Å². The maximum Gasteiger partial charge on any atom is 0.319 e. The first-order chi connectivity index (χ1) is 16.8. The number of nitrogens with one attached hydrogen (secondary N) is 3. The fourth-order valence-electron chi connectivity index (χ4n) is 3.21. The van der Waals surface area contributed by atoms with Crippen LogP contribution in [0.5, 0.6) is 0 Å². The van der Waals surface area contributed by atoms with Crippen molar-refractivity contribution in [3.8, 4) is 21.0 Å². The molecule has 0 atom stereocenters. The number of nitrogens with two attached hydrogens (primary N) is 1. The maximum absolute atomic E-state index is 12.5. The van der Waals surface area contributed by atoms with Crippen molar-refractivity contribution in [2.75, 3.05) is 11.1 Å². The molecule has 8 heteroatoms. The number of benzene rings is 3. The van der Waals surface area contributed by atoms with Gasteiger partial charge < -0.3 is 16.4 Å². The molecule has 1 heterocycles. The molecule has 35 heavy (non-hydrogen) atoms. The molecule has 0 saturated heterocycles. The summed E-state index contributed by atoms with van der Waals surface area (Å²) in [5.74, 6) is 0. The molecule has 0 bridgehead atoms. The van der Waals surface area contributed by atoms with E-state index in [9.17, 15) is 4.79 Å². The fourth-order valence-corrected chi connectivity index (χ4v) is 5.12. The largest absolute Gasteiger partial charge is 0.399 e. The third-order valence-electron chi connectivity index (χ3n) is 4.93. The molecule has 4 rings (SSSR count). The molecule has 0 aliphatic heterocycles. The summed E-state index contributed by atoms with van der Waals surface area (Å²) in [7, 11) is 0. The van der Waals surface area contributed by atoms with Gasteiger partial charge in [0.15, 0.2) is 0 Å². The molecule has 5 N–H and O–H groups in total. The highest BCUT2D eigenvalue weighted by molar-refractivity contribution is 7.97. The van der Waals surface area contributed by atoms with Gasteiger partial charge in [-0.1, -0.05) is 36.4 Å². The number of anilines is 2. The van der Waals surface area contributed by atoms with Crippen molar-refractivity contribution >= 4 is 40.7 Å². The summed E-state index contributed by atoms with van der Waals surface area (Å²) >= 11 is 3.17. The van der Waals surface area contributed by atoms with Gasteiger partial charge in [0.25, 0.3) is 0 Å². The van der Waals surface area contributed by atoms with Crippen molar-refractivity contribution in [1.82, 2.24) is 15.0 Å². The SMILES string of the molecule is CC(C)(C)NSc1cc(NC(=O)NCc2ccccc2)ccc1-c1cnc(-c2ccc(N)cc2)s1. The molecule has 3 aromatic carbocycles. The van der Waals surface area contributed by atoms with E-state index in [0.717, 1.165) is 42.8 Å². The lowest BCUT2D eigenvalue weighted by molar-refractivity contribution is 0.251. The van der Waals surface area contributed by atoms with Crippen LogP contribution in [0.3, 0.4) is 0 Å². The second-order valence-electron chi connectivity index (χ2n) is 9.11. The summed E-state index contributed by atoms with van der Waals surface area (Å²) in [4.78, 5) is 19.2. The van der Waals surface area contributed by atoms with E-state index >= 15 is 0 Å².